The molecule has 0 aliphatic rings. The lowest BCUT2D eigenvalue weighted by atomic mass is 10.0. The quantitative estimate of drug-likeness (QED) is 0.404. The molecule has 2 aromatic heterocycles. The number of carbonyl (C=O) groups excluding carboxylic acids is 1. The summed E-state index contributed by atoms with van der Waals surface area (Å²) in [6, 6.07) is 6.01. The van der Waals surface area contributed by atoms with Crippen LogP contribution in [0, 0.1) is 30.9 Å². The highest BCUT2D eigenvalue weighted by Gasteiger charge is 2.26. The number of nitro benzene ring substituents is 1. The molecular weight excluding hydrogens is 336 g/mol. The smallest absolute Gasteiger partial charge is 0.340 e. The first kappa shape index (κ1) is 17.5. The van der Waals surface area contributed by atoms with E-state index >= 15 is 0 Å². The molecule has 3 rings (SSSR count). The number of aryl methyl sites for hydroxylation is 3. The van der Waals surface area contributed by atoms with Crippen LogP contribution in [-0.2, 0) is 4.74 Å². The Kier molecular flexibility index (Phi) is 4.41. The van der Waals surface area contributed by atoms with Gasteiger partial charge < -0.3 is 4.74 Å². The third-order valence-corrected chi connectivity index (χ3v) is 4.25. The van der Waals surface area contributed by atoms with Crippen LogP contribution >= 0.6 is 0 Å². The van der Waals surface area contributed by atoms with Gasteiger partial charge in [-0.05, 0) is 45.4 Å². The van der Waals surface area contributed by atoms with Gasteiger partial charge in [-0.15, -0.1) is 0 Å². The Bertz CT molecular complexity index is 1020. The second-order valence-electron chi connectivity index (χ2n) is 5.88. The molecule has 26 heavy (non-hydrogen) atoms. The van der Waals surface area contributed by atoms with Crippen molar-refractivity contribution in [1.29, 1.82) is 0 Å². The predicted octanol–water partition coefficient (Wildman–Crippen LogP) is 3.41. The minimum Gasteiger partial charge on any atom is -0.462 e. The molecule has 1 aromatic carbocycles. The Hall–Kier alpha value is -3.29. The first-order chi connectivity index (χ1) is 12.3. The number of benzene rings is 1. The van der Waals surface area contributed by atoms with Gasteiger partial charge in [-0.3, -0.25) is 10.1 Å². The minimum absolute atomic E-state index is 0.0234. The Morgan fingerprint density at radius 1 is 1.19 bits per heavy atom. The van der Waals surface area contributed by atoms with Gasteiger partial charge in [-0.25, -0.2) is 14.3 Å². The average Bonchev–Trinajstić information content (AvgIpc) is 2.88. The van der Waals surface area contributed by atoms with E-state index in [1.807, 2.05) is 13.8 Å². The van der Waals surface area contributed by atoms with E-state index in [0.29, 0.717) is 28.0 Å². The standard InChI is InChI=1S/C18H18N4O4/c1-5-26-18(23)15-12(4)21-17(19-10(2)11(3)20-21)16(15)13-6-8-14(9-7-13)22(24)25/h6-9H,5H2,1-4H3. The van der Waals surface area contributed by atoms with Crippen molar-refractivity contribution in [3.8, 4) is 11.1 Å². The minimum atomic E-state index is -0.471. The van der Waals surface area contributed by atoms with E-state index in [9.17, 15) is 14.9 Å². The molecule has 0 saturated heterocycles. The number of aromatic nitrogens is 3. The maximum Gasteiger partial charge on any atom is 0.340 e. The van der Waals surface area contributed by atoms with Crippen molar-refractivity contribution in [2.75, 3.05) is 6.61 Å². The van der Waals surface area contributed by atoms with Gasteiger partial charge in [0.1, 0.15) is 0 Å². The van der Waals surface area contributed by atoms with Crippen molar-refractivity contribution in [3.05, 3.63) is 57.0 Å². The first-order valence-corrected chi connectivity index (χ1v) is 8.13. The number of esters is 1. The lowest BCUT2D eigenvalue weighted by Gasteiger charge is -2.05. The summed E-state index contributed by atoms with van der Waals surface area (Å²) >= 11 is 0. The van der Waals surface area contributed by atoms with Crippen LogP contribution in [0.1, 0.15) is 34.4 Å². The number of nitro groups is 1. The molecule has 0 amide bonds. The number of nitrogens with zero attached hydrogens (tertiary/aromatic N) is 4. The molecule has 8 nitrogen and oxygen atoms in total. The summed E-state index contributed by atoms with van der Waals surface area (Å²) in [6.07, 6.45) is 0. The van der Waals surface area contributed by atoms with Gasteiger partial charge in [-0.1, -0.05) is 0 Å². The number of hydrogen-bond acceptors (Lipinski definition) is 6. The number of non-ortho nitro benzene ring substituents is 1. The maximum absolute atomic E-state index is 12.6. The molecule has 0 bridgehead atoms. The van der Waals surface area contributed by atoms with Crippen LogP contribution in [0.25, 0.3) is 16.8 Å². The molecule has 134 valence electrons. The fourth-order valence-electron chi connectivity index (χ4n) is 2.83. The summed E-state index contributed by atoms with van der Waals surface area (Å²) in [5.74, 6) is -0.471. The SMILES string of the molecule is CCOC(=O)c1c(-c2ccc([N+](=O)[O-])cc2)c2nc(C)c(C)nn2c1C. The van der Waals surface area contributed by atoms with Gasteiger partial charge in [-0.2, -0.15) is 5.10 Å². The third kappa shape index (κ3) is 2.79. The fraction of sp³-hybridized carbons (Fsp3) is 0.278. The number of hydrogen-bond donors (Lipinski definition) is 0. The van der Waals surface area contributed by atoms with Gasteiger partial charge in [0.15, 0.2) is 5.65 Å². The van der Waals surface area contributed by atoms with Gasteiger partial charge in [0.25, 0.3) is 5.69 Å². The largest absolute Gasteiger partial charge is 0.462 e. The van der Waals surface area contributed by atoms with E-state index in [0.717, 1.165) is 11.4 Å². The zero-order valence-corrected chi connectivity index (χ0v) is 14.9. The van der Waals surface area contributed by atoms with E-state index in [2.05, 4.69) is 10.1 Å². The molecule has 0 aliphatic heterocycles. The Labute approximate surface area is 149 Å². The normalized spacial score (nSPS) is 10.9. The van der Waals surface area contributed by atoms with Crippen LogP contribution in [0.15, 0.2) is 24.3 Å². The molecule has 0 saturated carbocycles. The Morgan fingerprint density at radius 2 is 1.85 bits per heavy atom. The topological polar surface area (TPSA) is 99.6 Å². The summed E-state index contributed by atoms with van der Waals surface area (Å²) in [4.78, 5) is 27.6. The Morgan fingerprint density at radius 3 is 2.42 bits per heavy atom. The van der Waals surface area contributed by atoms with Crippen LogP contribution in [0.5, 0.6) is 0 Å². The van der Waals surface area contributed by atoms with Crippen LogP contribution in [0.4, 0.5) is 5.69 Å². The highest BCUT2D eigenvalue weighted by atomic mass is 16.6. The van der Waals surface area contributed by atoms with Crippen molar-refractivity contribution >= 4 is 17.3 Å². The lowest BCUT2D eigenvalue weighted by Crippen LogP contribution is -2.07. The monoisotopic (exact) mass is 354 g/mol. The molecule has 0 spiro atoms. The molecular formula is C18H18N4O4. The van der Waals surface area contributed by atoms with Crippen LogP contribution in [0.2, 0.25) is 0 Å². The number of rotatable bonds is 4. The van der Waals surface area contributed by atoms with E-state index in [-0.39, 0.29) is 12.3 Å². The van der Waals surface area contributed by atoms with Gasteiger partial charge in [0.05, 0.1) is 34.2 Å². The van der Waals surface area contributed by atoms with E-state index in [4.69, 9.17) is 4.74 Å². The predicted molar refractivity (Wildman–Crippen MR) is 95.2 cm³/mol. The second-order valence-corrected chi connectivity index (χ2v) is 5.88. The number of carbonyl (C=O) groups is 1. The first-order valence-electron chi connectivity index (χ1n) is 8.13. The van der Waals surface area contributed by atoms with Gasteiger partial charge in [0.2, 0.25) is 0 Å². The highest BCUT2D eigenvalue weighted by molar-refractivity contribution is 6.03. The van der Waals surface area contributed by atoms with Crippen molar-refractivity contribution in [2.24, 2.45) is 0 Å². The van der Waals surface area contributed by atoms with Crippen molar-refractivity contribution in [1.82, 2.24) is 14.6 Å². The zero-order chi connectivity index (χ0) is 19.0. The van der Waals surface area contributed by atoms with Crippen molar-refractivity contribution in [2.45, 2.75) is 27.7 Å². The maximum atomic E-state index is 12.6. The molecule has 0 radical (unpaired) electrons. The van der Waals surface area contributed by atoms with Gasteiger partial charge in [0, 0.05) is 17.7 Å². The summed E-state index contributed by atoms with van der Waals surface area (Å²) < 4.78 is 6.82. The fourth-order valence-corrected chi connectivity index (χ4v) is 2.83. The van der Waals surface area contributed by atoms with Crippen molar-refractivity contribution < 1.29 is 14.5 Å². The molecule has 8 heteroatoms. The summed E-state index contributed by atoms with van der Waals surface area (Å²) in [5, 5.41) is 15.4. The zero-order valence-electron chi connectivity index (χ0n) is 14.9. The number of fused-ring (bicyclic) bond motifs is 1. The lowest BCUT2D eigenvalue weighted by molar-refractivity contribution is -0.384. The van der Waals surface area contributed by atoms with Crippen LogP contribution in [0.3, 0.4) is 0 Å². The van der Waals surface area contributed by atoms with E-state index in [1.165, 1.54) is 12.1 Å². The summed E-state index contributed by atoms with van der Waals surface area (Å²) in [5.41, 5.74) is 4.17. The Balaban J connectivity index is 2.33. The molecule has 2 heterocycles. The van der Waals surface area contributed by atoms with E-state index < -0.39 is 10.9 Å². The number of ether oxygens (including phenoxy) is 1. The second kappa shape index (κ2) is 6.55. The van der Waals surface area contributed by atoms with Crippen LogP contribution in [-0.4, -0.2) is 32.1 Å². The summed E-state index contributed by atoms with van der Waals surface area (Å²) in [6.45, 7) is 7.44. The highest BCUT2D eigenvalue weighted by Crippen LogP contribution is 2.33. The molecule has 0 N–H and O–H groups in total. The molecule has 0 atom stereocenters. The average molecular weight is 354 g/mol. The summed E-state index contributed by atoms with van der Waals surface area (Å²) in [7, 11) is 0. The molecule has 3 aromatic rings. The third-order valence-electron chi connectivity index (χ3n) is 4.25. The van der Waals surface area contributed by atoms with Crippen molar-refractivity contribution in [3.63, 3.8) is 0 Å². The molecule has 0 fully saturated rings. The van der Waals surface area contributed by atoms with Gasteiger partial charge >= 0.3 is 5.97 Å². The van der Waals surface area contributed by atoms with Crippen LogP contribution < -0.4 is 0 Å². The molecule has 0 unspecified atom stereocenters. The molecule has 0 aliphatic carbocycles. The van der Waals surface area contributed by atoms with E-state index in [1.54, 1.807) is 30.5 Å².